The molecule has 1 aromatic carbocycles. The van der Waals surface area contributed by atoms with Gasteiger partial charge < -0.3 is 11.1 Å². The Hall–Kier alpha value is -1.43. The topological polar surface area (TPSA) is 81.2 Å². The van der Waals surface area contributed by atoms with Crippen molar-refractivity contribution in [1.29, 1.82) is 0 Å². The van der Waals surface area contributed by atoms with Crippen molar-refractivity contribution in [2.24, 2.45) is 0 Å². The lowest BCUT2D eigenvalue weighted by atomic mass is 10.2. The van der Waals surface area contributed by atoms with E-state index in [9.17, 15) is 10.1 Å². The minimum atomic E-state index is -0.427. The number of nitrogens with two attached hydrogens (primary N) is 1. The van der Waals surface area contributed by atoms with Gasteiger partial charge in [-0.15, -0.1) is 0 Å². The average Bonchev–Trinajstić information content (AvgIpc) is 2.79. The zero-order valence-electron chi connectivity index (χ0n) is 11.0. The summed E-state index contributed by atoms with van der Waals surface area (Å²) in [6, 6.07) is 5.03. The van der Waals surface area contributed by atoms with Gasteiger partial charge in [-0.2, -0.15) is 11.8 Å². The van der Waals surface area contributed by atoms with Crippen LogP contribution in [0.3, 0.4) is 0 Å². The smallest absolute Gasteiger partial charge is 0.271 e. The maximum Gasteiger partial charge on any atom is 0.271 e. The second-order valence-electron chi connectivity index (χ2n) is 4.76. The number of hydrogen-bond acceptors (Lipinski definition) is 5. The third-order valence-corrected chi connectivity index (χ3v) is 4.63. The predicted molar refractivity (Wildman–Crippen MR) is 80.7 cm³/mol. The van der Waals surface area contributed by atoms with E-state index in [1.54, 1.807) is 6.07 Å². The lowest BCUT2D eigenvalue weighted by molar-refractivity contribution is -0.384. The number of nitrogens with one attached hydrogen (secondary N) is 1. The fraction of sp³-hybridized carbons (Fsp3) is 0.538. The Labute approximate surface area is 117 Å². The first-order chi connectivity index (χ1) is 9.10. The first kappa shape index (κ1) is 14.0. The van der Waals surface area contributed by atoms with Crippen molar-refractivity contribution >= 4 is 28.8 Å². The molecule has 1 aliphatic rings. The molecule has 0 amide bonds. The first-order valence-corrected chi connectivity index (χ1v) is 7.57. The fourth-order valence-electron chi connectivity index (χ4n) is 2.47. The van der Waals surface area contributed by atoms with Gasteiger partial charge in [0, 0.05) is 23.4 Å². The Morgan fingerprint density at radius 1 is 1.53 bits per heavy atom. The number of rotatable bonds is 5. The number of nitrogens with zero attached hydrogens (tertiary/aromatic N) is 1. The summed E-state index contributed by atoms with van der Waals surface area (Å²) < 4.78 is 0. The molecule has 19 heavy (non-hydrogen) atoms. The summed E-state index contributed by atoms with van der Waals surface area (Å²) in [5.74, 6) is 1.15. The van der Waals surface area contributed by atoms with Gasteiger partial charge in [0.25, 0.3) is 5.69 Å². The van der Waals surface area contributed by atoms with Crippen LogP contribution >= 0.6 is 11.8 Å². The van der Waals surface area contributed by atoms with Crippen LogP contribution in [0, 0.1) is 10.1 Å². The molecular formula is C13H19N3O2S. The number of nitro benzene ring substituents is 1. The molecule has 1 aliphatic carbocycles. The largest absolute Gasteiger partial charge is 0.397 e. The predicted octanol–water partition coefficient (Wildman–Crippen LogP) is 3.26. The van der Waals surface area contributed by atoms with Crippen LogP contribution < -0.4 is 11.1 Å². The van der Waals surface area contributed by atoms with Crippen LogP contribution in [-0.4, -0.2) is 22.0 Å². The summed E-state index contributed by atoms with van der Waals surface area (Å²) in [4.78, 5) is 10.2. The molecule has 2 rings (SSSR count). The minimum Gasteiger partial charge on any atom is -0.397 e. The van der Waals surface area contributed by atoms with Crippen molar-refractivity contribution in [3.8, 4) is 0 Å². The van der Waals surface area contributed by atoms with Crippen molar-refractivity contribution in [3.63, 3.8) is 0 Å². The van der Waals surface area contributed by atoms with Crippen LogP contribution in [0.15, 0.2) is 18.2 Å². The van der Waals surface area contributed by atoms with E-state index in [-0.39, 0.29) is 5.69 Å². The molecule has 0 aliphatic heterocycles. The Morgan fingerprint density at radius 3 is 2.95 bits per heavy atom. The van der Waals surface area contributed by atoms with Crippen LogP contribution in [0.5, 0.6) is 0 Å². The van der Waals surface area contributed by atoms with Crippen LogP contribution in [0.1, 0.15) is 26.2 Å². The molecule has 0 spiro atoms. The van der Waals surface area contributed by atoms with Crippen molar-refractivity contribution in [1.82, 2.24) is 0 Å². The van der Waals surface area contributed by atoms with E-state index in [1.165, 1.54) is 18.6 Å². The molecule has 0 radical (unpaired) electrons. The molecule has 0 aromatic heterocycles. The number of non-ortho nitro benzene ring substituents is 1. The van der Waals surface area contributed by atoms with Crippen LogP contribution in [0.4, 0.5) is 17.1 Å². The third-order valence-electron chi connectivity index (χ3n) is 3.39. The summed E-state index contributed by atoms with van der Waals surface area (Å²) in [6.45, 7) is 2.18. The van der Waals surface area contributed by atoms with E-state index in [1.807, 2.05) is 11.8 Å². The molecule has 0 heterocycles. The molecule has 1 aromatic rings. The van der Waals surface area contributed by atoms with E-state index in [0.717, 1.165) is 29.5 Å². The highest BCUT2D eigenvalue weighted by Gasteiger charge is 2.24. The molecule has 3 N–H and O–H groups in total. The van der Waals surface area contributed by atoms with Gasteiger partial charge in [-0.1, -0.05) is 6.92 Å². The number of hydrogen-bond donors (Lipinski definition) is 2. The second-order valence-corrected chi connectivity index (χ2v) is 6.34. The maximum absolute atomic E-state index is 10.7. The van der Waals surface area contributed by atoms with E-state index < -0.39 is 4.92 Å². The summed E-state index contributed by atoms with van der Waals surface area (Å²) in [5, 5.41) is 14.8. The van der Waals surface area contributed by atoms with E-state index in [2.05, 4.69) is 12.2 Å². The summed E-state index contributed by atoms with van der Waals surface area (Å²) in [7, 11) is 0. The zero-order valence-corrected chi connectivity index (χ0v) is 11.8. The van der Waals surface area contributed by atoms with Gasteiger partial charge >= 0.3 is 0 Å². The first-order valence-electron chi connectivity index (χ1n) is 6.52. The molecule has 0 bridgehead atoms. The molecule has 2 unspecified atom stereocenters. The minimum absolute atomic E-state index is 0.0360. The standard InChI is InChI=1S/C13H19N3O2S/c1-2-19-11-5-3-9(7-11)15-13-6-4-10(16(17)18)8-12(13)14/h4,6,8-9,11,15H,2-3,5,7,14H2,1H3. The Kier molecular flexibility index (Phi) is 4.52. The van der Waals surface area contributed by atoms with Gasteiger partial charge in [0.05, 0.1) is 16.3 Å². The van der Waals surface area contributed by atoms with E-state index >= 15 is 0 Å². The quantitative estimate of drug-likeness (QED) is 0.492. The highest BCUT2D eigenvalue weighted by molar-refractivity contribution is 7.99. The Balaban J connectivity index is 1.98. The van der Waals surface area contributed by atoms with Gasteiger partial charge in [-0.25, -0.2) is 0 Å². The van der Waals surface area contributed by atoms with Crippen molar-refractivity contribution in [2.45, 2.75) is 37.5 Å². The van der Waals surface area contributed by atoms with Gasteiger partial charge in [0.15, 0.2) is 0 Å². The van der Waals surface area contributed by atoms with Gasteiger partial charge in [-0.3, -0.25) is 10.1 Å². The Bertz CT molecular complexity index is 467. The summed E-state index contributed by atoms with van der Waals surface area (Å²) in [6.07, 6.45) is 3.49. The molecule has 1 saturated carbocycles. The van der Waals surface area contributed by atoms with E-state index in [4.69, 9.17) is 5.73 Å². The molecule has 1 fully saturated rings. The Morgan fingerprint density at radius 2 is 2.32 bits per heavy atom. The SMILES string of the molecule is CCSC1CCC(Nc2ccc([N+](=O)[O-])cc2N)C1. The van der Waals surface area contributed by atoms with Crippen LogP contribution in [-0.2, 0) is 0 Å². The molecule has 104 valence electrons. The van der Waals surface area contributed by atoms with Crippen molar-refractivity contribution in [3.05, 3.63) is 28.3 Å². The third kappa shape index (κ3) is 3.53. The van der Waals surface area contributed by atoms with Crippen molar-refractivity contribution < 1.29 is 4.92 Å². The maximum atomic E-state index is 10.7. The molecule has 0 saturated heterocycles. The van der Waals surface area contributed by atoms with Crippen molar-refractivity contribution in [2.75, 3.05) is 16.8 Å². The average molecular weight is 281 g/mol. The number of benzene rings is 1. The lowest BCUT2D eigenvalue weighted by Gasteiger charge is -2.16. The number of anilines is 2. The molecule has 5 nitrogen and oxygen atoms in total. The fourth-order valence-corrected chi connectivity index (χ4v) is 3.62. The second kappa shape index (κ2) is 6.14. The highest BCUT2D eigenvalue weighted by atomic mass is 32.2. The lowest BCUT2D eigenvalue weighted by Crippen LogP contribution is -2.17. The van der Waals surface area contributed by atoms with Gasteiger partial charge in [0.1, 0.15) is 0 Å². The summed E-state index contributed by atoms with van der Waals surface area (Å²) >= 11 is 2.00. The van der Waals surface area contributed by atoms with Crippen LogP contribution in [0.2, 0.25) is 0 Å². The zero-order chi connectivity index (χ0) is 13.8. The normalized spacial score (nSPS) is 22.4. The number of thioether (sulfide) groups is 1. The highest BCUT2D eigenvalue weighted by Crippen LogP contribution is 2.33. The van der Waals surface area contributed by atoms with Crippen LogP contribution in [0.25, 0.3) is 0 Å². The van der Waals surface area contributed by atoms with Gasteiger partial charge in [0.2, 0.25) is 0 Å². The number of nitrogen functional groups attached to an aromatic ring is 1. The van der Waals surface area contributed by atoms with Gasteiger partial charge in [-0.05, 0) is 31.1 Å². The monoisotopic (exact) mass is 281 g/mol. The molecular weight excluding hydrogens is 262 g/mol. The summed E-state index contributed by atoms with van der Waals surface area (Å²) in [5.41, 5.74) is 7.14. The van der Waals surface area contributed by atoms with E-state index in [0.29, 0.717) is 11.7 Å². The number of nitro groups is 1. The molecule has 6 heteroatoms. The molecule has 2 atom stereocenters.